The van der Waals surface area contributed by atoms with Crippen LogP contribution in [0.1, 0.15) is 23.2 Å². The van der Waals surface area contributed by atoms with Crippen LogP contribution in [-0.4, -0.2) is 28.6 Å². The summed E-state index contributed by atoms with van der Waals surface area (Å²) >= 11 is 0. The lowest BCUT2D eigenvalue weighted by Gasteiger charge is -2.09. The van der Waals surface area contributed by atoms with Crippen LogP contribution < -0.4 is 10.6 Å². The summed E-state index contributed by atoms with van der Waals surface area (Å²) < 4.78 is 0. The third-order valence-electron chi connectivity index (χ3n) is 2.42. The van der Waals surface area contributed by atoms with Crippen LogP contribution in [0.25, 0.3) is 0 Å². The predicted octanol–water partition coefficient (Wildman–Crippen LogP) is 0.972. The molecule has 1 heterocycles. The molecule has 1 aromatic rings. The van der Waals surface area contributed by atoms with Crippen LogP contribution in [0.3, 0.4) is 0 Å². The number of nitrogens with one attached hydrogen (secondary N) is 2. The molecule has 0 radical (unpaired) electrons. The van der Waals surface area contributed by atoms with Gasteiger partial charge in [0.1, 0.15) is 0 Å². The zero-order valence-corrected chi connectivity index (χ0v) is 10.5. The van der Waals surface area contributed by atoms with E-state index in [2.05, 4.69) is 15.6 Å². The van der Waals surface area contributed by atoms with E-state index in [1.54, 1.807) is 6.20 Å². The Kier molecular flexibility index (Phi) is 5.10. The molecule has 0 aliphatic rings. The fourth-order valence-corrected chi connectivity index (χ4v) is 1.43. The van der Waals surface area contributed by atoms with Crippen molar-refractivity contribution in [3.05, 3.63) is 29.1 Å². The van der Waals surface area contributed by atoms with E-state index in [-0.39, 0.29) is 19.0 Å². The molecule has 0 saturated carbocycles. The predicted molar refractivity (Wildman–Crippen MR) is 66.2 cm³/mol. The Morgan fingerprint density at radius 1 is 1.33 bits per heavy atom. The van der Waals surface area contributed by atoms with Crippen molar-refractivity contribution in [3.63, 3.8) is 0 Å². The van der Waals surface area contributed by atoms with Gasteiger partial charge in [-0.1, -0.05) is 0 Å². The summed E-state index contributed by atoms with van der Waals surface area (Å²) in [6.45, 7) is 4.35. The average molecular weight is 251 g/mol. The average Bonchev–Trinajstić information content (AvgIpc) is 2.27. The molecule has 0 saturated heterocycles. The maximum atomic E-state index is 11.3. The molecule has 0 atom stereocenters. The van der Waals surface area contributed by atoms with Crippen LogP contribution in [0.2, 0.25) is 0 Å². The first-order valence-corrected chi connectivity index (χ1v) is 5.64. The van der Waals surface area contributed by atoms with Gasteiger partial charge in [0.05, 0.1) is 6.42 Å². The quantitative estimate of drug-likeness (QED) is 0.727. The summed E-state index contributed by atoms with van der Waals surface area (Å²) in [5.41, 5.74) is 2.93. The van der Waals surface area contributed by atoms with Crippen molar-refractivity contribution in [2.75, 3.05) is 6.54 Å². The maximum Gasteiger partial charge on any atom is 0.315 e. The van der Waals surface area contributed by atoms with Crippen LogP contribution >= 0.6 is 0 Å². The number of pyridine rings is 1. The maximum absolute atomic E-state index is 11.3. The number of hydrogen-bond acceptors (Lipinski definition) is 3. The zero-order valence-electron chi connectivity index (χ0n) is 10.5. The SMILES string of the molecule is Cc1cc(C)c(CNC(=O)NCCC(=O)O)cn1. The van der Waals surface area contributed by atoms with E-state index in [9.17, 15) is 9.59 Å². The number of carbonyl (C=O) groups excluding carboxylic acids is 1. The van der Waals surface area contributed by atoms with E-state index in [0.717, 1.165) is 16.8 Å². The van der Waals surface area contributed by atoms with Gasteiger partial charge in [-0.25, -0.2) is 4.79 Å². The van der Waals surface area contributed by atoms with Gasteiger partial charge in [-0.3, -0.25) is 9.78 Å². The second-order valence-corrected chi connectivity index (χ2v) is 4.01. The molecule has 1 aromatic heterocycles. The number of urea groups is 1. The van der Waals surface area contributed by atoms with Crippen molar-refractivity contribution in [2.24, 2.45) is 0 Å². The molecule has 1 rings (SSSR count). The highest BCUT2D eigenvalue weighted by Gasteiger charge is 2.04. The Labute approximate surface area is 105 Å². The van der Waals surface area contributed by atoms with E-state index < -0.39 is 5.97 Å². The molecule has 2 amide bonds. The molecule has 6 nitrogen and oxygen atoms in total. The molecule has 0 bridgehead atoms. The lowest BCUT2D eigenvalue weighted by molar-refractivity contribution is -0.136. The lowest BCUT2D eigenvalue weighted by Crippen LogP contribution is -2.36. The molecule has 0 aromatic carbocycles. The van der Waals surface area contributed by atoms with Gasteiger partial charge < -0.3 is 15.7 Å². The van der Waals surface area contributed by atoms with Crippen LogP contribution in [-0.2, 0) is 11.3 Å². The number of carboxylic acids is 1. The van der Waals surface area contributed by atoms with Gasteiger partial charge >= 0.3 is 12.0 Å². The topological polar surface area (TPSA) is 91.3 Å². The summed E-state index contributed by atoms with van der Waals surface area (Å²) in [4.78, 5) is 25.8. The van der Waals surface area contributed by atoms with Crippen LogP contribution in [0.4, 0.5) is 4.79 Å². The number of rotatable bonds is 5. The molecule has 3 N–H and O–H groups in total. The van der Waals surface area contributed by atoms with Crippen molar-refractivity contribution in [2.45, 2.75) is 26.8 Å². The number of carbonyl (C=O) groups is 2. The Hall–Kier alpha value is -2.11. The smallest absolute Gasteiger partial charge is 0.315 e. The first-order chi connectivity index (χ1) is 8.49. The molecule has 0 aliphatic carbocycles. The number of aliphatic carboxylic acids is 1. The molecular weight excluding hydrogens is 234 g/mol. The minimum absolute atomic E-state index is 0.0848. The van der Waals surface area contributed by atoms with Crippen molar-refractivity contribution in [1.29, 1.82) is 0 Å². The van der Waals surface area contributed by atoms with E-state index in [4.69, 9.17) is 5.11 Å². The summed E-state index contributed by atoms with van der Waals surface area (Å²) in [5, 5.41) is 13.5. The van der Waals surface area contributed by atoms with Gasteiger partial charge in [0, 0.05) is 25.0 Å². The standard InChI is InChI=1S/C12H17N3O3/c1-8-5-9(2)14-6-10(8)7-15-12(18)13-4-3-11(16)17/h5-6H,3-4,7H2,1-2H3,(H,16,17)(H2,13,15,18). The highest BCUT2D eigenvalue weighted by Crippen LogP contribution is 2.06. The summed E-state index contributed by atoms with van der Waals surface area (Å²) in [6.07, 6.45) is 1.64. The first-order valence-electron chi connectivity index (χ1n) is 5.64. The fraction of sp³-hybridized carbons (Fsp3) is 0.417. The van der Waals surface area contributed by atoms with Crippen LogP contribution in [0, 0.1) is 13.8 Å². The lowest BCUT2D eigenvalue weighted by atomic mass is 10.1. The minimum atomic E-state index is -0.936. The monoisotopic (exact) mass is 251 g/mol. The van der Waals surface area contributed by atoms with Gasteiger partial charge in [0.15, 0.2) is 0 Å². The molecule has 18 heavy (non-hydrogen) atoms. The molecule has 98 valence electrons. The highest BCUT2D eigenvalue weighted by atomic mass is 16.4. The molecular formula is C12H17N3O3. The second-order valence-electron chi connectivity index (χ2n) is 4.01. The number of amides is 2. The van der Waals surface area contributed by atoms with Gasteiger partial charge in [-0.05, 0) is 31.0 Å². The largest absolute Gasteiger partial charge is 0.481 e. The fourth-order valence-electron chi connectivity index (χ4n) is 1.43. The summed E-state index contributed by atoms with van der Waals surface area (Å²) in [6, 6.07) is 1.57. The Morgan fingerprint density at radius 2 is 2.06 bits per heavy atom. The molecule has 0 spiro atoms. The van der Waals surface area contributed by atoms with Crippen molar-refractivity contribution in [1.82, 2.24) is 15.6 Å². The number of aromatic nitrogens is 1. The Balaban J connectivity index is 2.36. The number of hydrogen-bond donors (Lipinski definition) is 3. The number of carboxylic acid groups (broad SMARTS) is 1. The van der Waals surface area contributed by atoms with Gasteiger partial charge in [0.2, 0.25) is 0 Å². The van der Waals surface area contributed by atoms with E-state index in [1.807, 2.05) is 19.9 Å². The normalized spacial score (nSPS) is 9.89. The summed E-state index contributed by atoms with van der Waals surface area (Å²) in [7, 11) is 0. The van der Waals surface area contributed by atoms with Gasteiger partial charge in [0.25, 0.3) is 0 Å². The highest BCUT2D eigenvalue weighted by molar-refractivity contribution is 5.75. The van der Waals surface area contributed by atoms with Crippen molar-refractivity contribution < 1.29 is 14.7 Å². The van der Waals surface area contributed by atoms with Crippen molar-refractivity contribution >= 4 is 12.0 Å². The van der Waals surface area contributed by atoms with E-state index >= 15 is 0 Å². The first kappa shape index (κ1) is 14.0. The Bertz CT molecular complexity index is 446. The van der Waals surface area contributed by atoms with Crippen LogP contribution in [0.15, 0.2) is 12.3 Å². The third kappa shape index (κ3) is 4.82. The van der Waals surface area contributed by atoms with Crippen molar-refractivity contribution in [3.8, 4) is 0 Å². The van der Waals surface area contributed by atoms with E-state index in [0.29, 0.717) is 6.54 Å². The minimum Gasteiger partial charge on any atom is -0.481 e. The third-order valence-corrected chi connectivity index (χ3v) is 2.42. The number of nitrogens with zero attached hydrogens (tertiary/aromatic N) is 1. The van der Waals surface area contributed by atoms with Gasteiger partial charge in [-0.15, -0.1) is 0 Å². The molecule has 0 unspecified atom stereocenters. The molecule has 6 heteroatoms. The Morgan fingerprint density at radius 3 is 2.67 bits per heavy atom. The molecule has 0 aliphatic heterocycles. The number of aryl methyl sites for hydroxylation is 2. The zero-order chi connectivity index (χ0) is 13.5. The summed E-state index contributed by atoms with van der Waals surface area (Å²) in [5.74, 6) is -0.936. The van der Waals surface area contributed by atoms with E-state index in [1.165, 1.54) is 0 Å². The molecule has 0 fully saturated rings. The second kappa shape index (κ2) is 6.58. The van der Waals surface area contributed by atoms with Gasteiger partial charge in [-0.2, -0.15) is 0 Å². The van der Waals surface area contributed by atoms with Crippen LogP contribution in [0.5, 0.6) is 0 Å².